The van der Waals surface area contributed by atoms with Crippen molar-refractivity contribution in [3.63, 3.8) is 0 Å². The van der Waals surface area contributed by atoms with E-state index < -0.39 is 5.97 Å². The minimum atomic E-state index is -0.681. The summed E-state index contributed by atoms with van der Waals surface area (Å²) in [5.74, 6) is -0.681. The molecule has 0 aromatic rings. The zero-order chi connectivity index (χ0) is 16.3. The van der Waals surface area contributed by atoms with E-state index in [9.17, 15) is 4.79 Å². The number of carboxylic acids is 1. The van der Waals surface area contributed by atoms with Crippen LogP contribution in [0, 0.1) is 0 Å². The molecule has 0 saturated heterocycles. The lowest BCUT2D eigenvalue weighted by molar-refractivity contribution is -0.137. The van der Waals surface area contributed by atoms with E-state index >= 15 is 0 Å². The van der Waals surface area contributed by atoms with E-state index in [1.807, 2.05) is 0 Å². The number of aliphatic carboxylic acids is 1. The third kappa shape index (κ3) is 18.4. The first kappa shape index (κ1) is 20.4. The molecule has 0 spiro atoms. The van der Waals surface area contributed by atoms with Gasteiger partial charge in [0, 0.05) is 6.42 Å². The molecule has 22 heavy (non-hydrogen) atoms. The third-order valence-corrected chi connectivity index (χ3v) is 3.29. The molecule has 0 unspecified atom stereocenters. The van der Waals surface area contributed by atoms with E-state index in [4.69, 9.17) is 5.11 Å². The maximum Gasteiger partial charge on any atom is 0.303 e. The van der Waals surface area contributed by atoms with Crippen molar-refractivity contribution in [2.75, 3.05) is 0 Å². The summed E-state index contributed by atoms with van der Waals surface area (Å²) < 4.78 is 0. The number of allylic oxidation sites excluding steroid dienone is 8. The number of hydrogen-bond acceptors (Lipinski definition) is 1. The van der Waals surface area contributed by atoms with Gasteiger partial charge in [-0.2, -0.15) is 0 Å². The summed E-state index contributed by atoms with van der Waals surface area (Å²) in [6.07, 6.45) is 27.4. The Kier molecular flexibility index (Phi) is 16.2. The molecule has 0 heterocycles. The molecule has 0 atom stereocenters. The largest absolute Gasteiger partial charge is 0.481 e. The maximum atomic E-state index is 10.3. The summed E-state index contributed by atoms with van der Waals surface area (Å²) >= 11 is 0. The van der Waals surface area contributed by atoms with Gasteiger partial charge < -0.3 is 5.11 Å². The predicted octanol–water partition coefficient (Wildman–Crippen LogP) is 6.22. The Morgan fingerprint density at radius 3 is 1.91 bits per heavy atom. The number of unbranched alkanes of at least 4 members (excludes halogenated alkanes) is 5. The van der Waals surface area contributed by atoms with Crippen LogP contribution < -0.4 is 0 Å². The predicted molar refractivity (Wildman–Crippen MR) is 96.0 cm³/mol. The van der Waals surface area contributed by atoms with Crippen LogP contribution >= 0.6 is 0 Å². The fourth-order valence-electron chi connectivity index (χ4n) is 2.03. The highest BCUT2D eigenvalue weighted by Crippen LogP contribution is 2.06. The van der Waals surface area contributed by atoms with Gasteiger partial charge in [0.05, 0.1) is 0 Å². The fraction of sp³-hybridized carbons (Fsp3) is 0.550. The van der Waals surface area contributed by atoms with Crippen LogP contribution in [0.3, 0.4) is 0 Å². The summed E-state index contributed by atoms with van der Waals surface area (Å²) in [6.45, 7) is 2.06. The van der Waals surface area contributed by atoms with Gasteiger partial charge in [-0.3, -0.25) is 4.79 Å². The van der Waals surface area contributed by atoms with E-state index in [0.717, 1.165) is 57.8 Å². The van der Waals surface area contributed by atoms with Crippen molar-refractivity contribution in [3.8, 4) is 0 Å². The van der Waals surface area contributed by atoms with Crippen molar-refractivity contribution < 1.29 is 9.90 Å². The number of carboxylic acid groups (broad SMARTS) is 1. The van der Waals surface area contributed by atoms with Gasteiger partial charge >= 0.3 is 5.97 Å². The first-order valence-electron chi connectivity index (χ1n) is 8.55. The van der Waals surface area contributed by atoms with E-state index in [-0.39, 0.29) is 0 Å². The molecule has 0 fully saturated rings. The first-order valence-corrected chi connectivity index (χ1v) is 8.55. The van der Waals surface area contributed by atoms with Crippen LogP contribution in [0.5, 0.6) is 0 Å². The van der Waals surface area contributed by atoms with Gasteiger partial charge in [0.1, 0.15) is 0 Å². The smallest absolute Gasteiger partial charge is 0.303 e. The number of hydrogen-bond donors (Lipinski definition) is 1. The summed E-state index contributed by atoms with van der Waals surface area (Å²) in [4.78, 5) is 10.3. The highest BCUT2D eigenvalue weighted by atomic mass is 16.4. The normalized spacial score (nSPS) is 12.4. The average molecular weight is 304 g/mol. The van der Waals surface area contributed by atoms with Crippen LogP contribution in [0.4, 0.5) is 0 Å². The van der Waals surface area contributed by atoms with Gasteiger partial charge in [-0.25, -0.2) is 0 Å². The SMILES string of the molecule is CC=CCCC=CCC=CCC=CCCCCCCC(=O)O. The standard InChI is InChI=1S/C20H32O2/c1-2-3-4-5-6-7-8-9-10-11-12-13-14-15-16-17-18-19-20(21)22/h2-3,6-7,9-10,12-13H,4-5,8,11,14-19H2,1H3,(H,21,22). The molecule has 0 aliphatic carbocycles. The summed E-state index contributed by atoms with van der Waals surface area (Å²) in [5.41, 5.74) is 0. The Morgan fingerprint density at radius 1 is 0.727 bits per heavy atom. The molecule has 0 aliphatic rings. The molecule has 0 aliphatic heterocycles. The molecule has 0 radical (unpaired) electrons. The van der Waals surface area contributed by atoms with Crippen molar-refractivity contribution in [2.24, 2.45) is 0 Å². The quantitative estimate of drug-likeness (QED) is 0.305. The zero-order valence-corrected chi connectivity index (χ0v) is 14.0. The van der Waals surface area contributed by atoms with Gasteiger partial charge in [-0.1, -0.05) is 61.4 Å². The monoisotopic (exact) mass is 304 g/mol. The topological polar surface area (TPSA) is 37.3 Å². The van der Waals surface area contributed by atoms with Crippen LogP contribution in [0.1, 0.15) is 71.1 Å². The molecule has 0 amide bonds. The Balaban J connectivity index is 3.32. The molecule has 0 rings (SSSR count). The first-order chi connectivity index (χ1) is 10.8. The van der Waals surface area contributed by atoms with Crippen LogP contribution in [-0.2, 0) is 4.79 Å². The van der Waals surface area contributed by atoms with E-state index in [1.165, 1.54) is 0 Å². The summed E-state index contributed by atoms with van der Waals surface area (Å²) in [6, 6.07) is 0. The van der Waals surface area contributed by atoms with Crippen LogP contribution in [0.15, 0.2) is 48.6 Å². The lowest BCUT2D eigenvalue weighted by atomic mass is 10.1. The van der Waals surface area contributed by atoms with Crippen molar-refractivity contribution in [3.05, 3.63) is 48.6 Å². The molecule has 0 aromatic heterocycles. The van der Waals surface area contributed by atoms with Crippen LogP contribution in [0.2, 0.25) is 0 Å². The Morgan fingerprint density at radius 2 is 1.27 bits per heavy atom. The van der Waals surface area contributed by atoms with Crippen molar-refractivity contribution >= 4 is 5.97 Å². The van der Waals surface area contributed by atoms with Gasteiger partial charge in [0.25, 0.3) is 0 Å². The fourth-order valence-corrected chi connectivity index (χ4v) is 2.03. The lowest BCUT2D eigenvalue weighted by Crippen LogP contribution is -1.93. The van der Waals surface area contributed by atoms with Gasteiger partial charge in [-0.05, 0) is 51.9 Å². The Labute approximate surface area is 136 Å². The molecule has 2 heteroatoms. The molecule has 0 saturated carbocycles. The molecular formula is C20H32O2. The van der Waals surface area contributed by atoms with E-state index in [0.29, 0.717) is 6.42 Å². The third-order valence-electron chi connectivity index (χ3n) is 3.29. The second-order valence-corrected chi connectivity index (χ2v) is 5.38. The lowest BCUT2D eigenvalue weighted by Gasteiger charge is -1.96. The van der Waals surface area contributed by atoms with E-state index in [1.54, 1.807) is 0 Å². The van der Waals surface area contributed by atoms with Gasteiger partial charge in [0.15, 0.2) is 0 Å². The van der Waals surface area contributed by atoms with Gasteiger partial charge in [-0.15, -0.1) is 0 Å². The molecule has 124 valence electrons. The highest BCUT2D eigenvalue weighted by Gasteiger charge is 1.95. The maximum absolute atomic E-state index is 10.3. The Bertz CT molecular complexity index is 362. The highest BCUT2D eigenvalue weighted by molar-refractivity contribution is 5.66. The van der Waals surface area contributed by atoms with E-state index in [2.05, 4.69) is 55.5 Å². The molecular weight excluding hydrogens is 272 g/mol. The van der Waals surface area contributed by atoms with Crippen LogP contribution in [0.25, 0.3) is 0 Å². The molecule has 1 N–H and O–H groups in total. The zero-order valence-electron chi connectivity index (χ0n) is 14.0. The molecule has 0 bridgehead atoms. The molecule has 0 aromatic carbocycles. The summed E-state index contributed by atoms with van der Waals surface area (Å²) in [5, 5.41) is 8.51. The average Bonchev–Trinajstić information content (AvgIpc) is 2.50. The second kappa shape index (κ2) is 17.5. The minimum absolute atomic E-state index is 0.310. The number of carbonyl (C=O) groups is 1. The second-order valence-electron chi connectivity index (χ2n) is 5.38. The van der Waals surface area contributed by atoms with Crippen LogP contribution in [-0.4, -0.2) is 11.1 Å². The minimum Gasteiger partial charge on any atom is -0.481 e. The van der Waals surface area contributed by atoms with Crippen molar-refractivity contribution in [1.29, 1.82) is 0 Å². The Hall–Kier alpha value is -1.57. The summed E-state index contributed by atoms with van der Waals surface area (Å²) in [7, 11) is 0. The molecule has 2 nitrogen and oxygen atoms in total. The van der Waals surface area contributed by atoms with Gasteiger partial charge in [0.2, 0.25) is 0 Å². The van der Waals surface area contributed by atoms with Crippen molar-refractivity contribution in [1.82, 2.24) is 0 Å². The van der Waals surface area contributed by atoms with Crippen molar-refractivity contribution in [2.45, 2.75) is 71.1 Å². The number of rotatable bonds is 14.